The second-order valence-corrected chi connectivity index (χ2v) is 7.78. The van der Waals surface area contributed by atoms with Gasteiger partial charge in [-0.25, -0.2) is 0 Å². The summed E-state index contributed by atoms with van der Waals surface area (Å²) in [6, 6.07) is 8.08. The van der Waals surface area contributed by atoms with E-state index in [1.54, 1.807) is 14.2 Å². The third-order valence-corrected chi connectivity index (χ3v) is 5.90. The zero-order valence-electron chi connectivity index (χ0n) is 16.7. The predicted octanol–water partition coefficient (Wildman–Crippen LogP) is 3.06. The molecule has 0 aromatic heterocycles. The Kier molecular flexibility index (Phi) is 6.91. The highest BCUT2D eigenvalue weighted by Crippen LogP contribution is 2.41. The van der Waals surface area contributed by atoms with Gasteiger partial charge >= 0.3 is 0 Å². The molecule has 2 heterocycles. The van der Waals surface area contributed by atoms with E-state index in [2.05, 4.69) is 28.0 Å². The molecule has 1 spiro atoms. The molecule has 5 heteroatoms. The van der Waals surface area contributed by atoms with Crippen molar-refractivity contribution in [2.75, 3.05) is 53.6 Å². The number of para-hydroxylation sites is 1. The Morgan fingerprint density at radius 1 is 1.19 bits per heavy atom. The average Bonchev–Trinajstić information content (AvgIpc) is 2.99. The number of amides is 1. The first-order valence-electron chi connectivity index (χ1n) is 9.94. The van der Waals surface area contributed by atoms with E-state index in [0.717, 1.165) is 76.3 Å². The van der Waals surface area contributed by atoms with Gasteiger partial charge in [0.1, 0.15) is 5.75 Å². The minimum atomic E-state index is 0.201. The van der Waals surface area contributed by atoms with Gasteiger partial charge in [0.15, 0.2) is 0 Å². The van der Waals surface area contributed by atoms with Crippen molar-refractivity contribution in [1.82, 2.24) is 9.80 Å². The van der Waals surface area contributed by atoms with Crippen molar-refractivity contribution in [2.24, 2.45) is 5.41 Å². The van der Waals surface area contributed by atoms with Crippen LogP contribution >= 0.6 is 0 Å². The molecule has 0 aliphatic carbocycles. The van der Waals surface area contributed by atoms with Gasteiger partial charge in [-0.3, -0.25) is 9.69 Å². The van der Waals surface area contributed by atoms with Gasteiger partial charge in [0.25, 0.3) is 0 Å². The summed E-state index contributed by atoms with van der Waals surface area (Å²) < 4.78 is 10.5. The Labute approximate surface area is 162 Å². The van der Waals surface area contributed by atoms with Gasteiger partial charge in [-0.15, -0.1) is 0 Å². The normalized spacial score (nSPS) is 20.1. The number of carbonyl (C=O) groups is 1. The van der Waals surface area contributed by atoms with Crippen LogP contribution < -0.4 is 4.74 Å². The van der Waals surface area contributed by atoms with Crippen molar-refractivity contribution < 1.29 is 14.3 Å². The maximum absolute atomic E-state index is 12.4. The molecule has 1 amide bonds. The van der Waals surface area contributed by atoms with Crippen molar-refractivity contribution in [1.29, 1.82) is 0 Å². The number of rotatable bonds is 8. The highest BCUT2D eigenvalue weighted by molar-refractivity contribution is 5.79. The fourth-order valence-corrected chi connectivity index (χ4v) is 4.26. The Hall–Kier alpha value is -1.85. The number of benzene rings is 1. The van der Waals surface area contributed by atoms with Crippen LogP contribution in [0.4, 0.5) is 0 Å². The first-order chi connectivity index (χ1) is 13.2. The monoisotopic (exact) mass is 372 g/mol. The van der Waals surface area contributed by atoms with Crippen LogP contribution in [-0.2, 0) is 9.53 Å². The van der Waals surface area contributed by atoms with Crippen LogP contribution in [-0.4, -0.2) is 69.3 Å². The van der Waals surface area contributed by atoms with Gasteiger partial charge in [0.2, 0.25) is 5.91 Å². The molecule has 2 aliphatic heterocycles. The molecule has 0 atom stereocenters. The molecule has 148 valence electrons. The van der Waals surface area contributed by atoms with Gasteiger partial charge in [0.05, 0.1) is 7.11 Å². The molecule has 0 N–H and O–H groups in total. The molecule has 0 bridgehead atoms. The number of likely N-dealkylation sites (tertiary alicyclic amines) is 2. The van der Waals surface area contributed by atoms with Gasteiger partial charge in [-0.2, -0.15) is 0 Å². The van der Waals surface area contributed by atoms with E-state index in [1.165, 1.54) is 0 Å². The summed E-state index contributed by atoms with van der Waals surface area (Å²) in [6.07, 6.45) is 8.24. The molecule has 0 unspecified atom stereocenters. The molecule has 2 saturated heterocycles. The second kappa shape index (κ2) is 9.38. The highest BCUT2D eigenvalue weighted by atomic mass is 16.5. The van der Waals surface area contributed by atoms with E-state index in [0.29, 0.717) is 5.91 Å². The fourth-order valence-electron chi connectivity index (χ4n) is 4.26. The zero-order valence-corrected chi connectivity index (χ0v) is 16.7. The molecule has 2 fully saturated rings. The van der Waals surface area contributed by atoms with Crippen LogP contribution in [0.5, 0.6) is 5.75 Å². The second-order valence-electron chi connectivity index (χ2n) is 7.78. The predicted molar refractivity (Wildman–Crippen MR) is 108 cm³/mol. The zero-order chi connectivity index (χ0) is 19.1. The summed E-state index contributed by atoms with van der Waals surface area (Å²) in [5.74, 6) is 1.24. The summed E-state index contributed by atoms with van der Waals surface area (Å²) in [5, 5.41) is 0. The first-order valence-corrected chi connectivity index (χ1v) is 9.94. The van der Waals surface area contributed by atoms with Crippen LogP contribution in [0.15, 0.2) is 30.3 Å². The lowest BCUT2D eigenvalue weighted by molar-refractivity contribution is -0.128. The molecule has 1 aromatic rings. The minimum Gasteiger partial charge on any atom is -0.496 e. The van der Waals surface area contributed by atoms with E-state index in [1.807, 2.05) is 18.2 Å². The summed E-state index contributed by atoms with van der Waals surface area (Å²) >= 11 is 0. The number of piperidine rings is 1. The van der Waals surface area contributed by atoms with Gasteiger partial charge in [-0.1, -0.05) is 30.4 Å². The Morgan fingerprint density at radius 2 is 1.96 bits per heavy atom. The third-order valence-electron chi connectivity index (χ3n) is 5.90. The number of hydrogen-bond acceptors (Lipinski definition) is 4. The quantitative estimate of drug-likeness (QED) is 0.658. The molecule has 3 rings (SSSR count). The lowest BCUT2D eigenvalue weighted by Crippen LogP contribution is -2.41. The van der Waals surface area contributed by atoms with Crippen LogP contribution in [0.2, 0.25) is 0 Å². The minimum absolute atomic E-state index is 0.201. The Bertz CT molecular complexity index is 651. The Morgan fingerprint density at radius 3 is 2.70 bits per heavy atom. The average molecular weight is 373 g/mol. The summed E-state index contributed by atoms with van der Waals surface area (Å²) in [6.45, 7) is 5.56. The van der Waals surface area contributed by atoms with Gasteiger partial charge in [0, 0.05) is 45.3 Å². The van der Waals surface area contributed by atoms with Crippen LogP contribution in [0.25, 0.3) is 6.08 Å². The number of methoxy groups -OCH3 is 2. The van der Waals surface area contributed by atoms with Crippen molar-refractivity contribution in [2.45, 2.75) is 25.7 Å². The molecular formula is C22H32N2O3. The number of carbonyl (C=O) groups excluding carboxylic acids is 1. The summed E-state index contributed by atoms with van der Waals surface area (Å²) in [5.41, 5.74) is 1.31. The maximum Gasteiger partial charge on any atom is 0.223 e. The van der Waals surface area contributed by atoms with Crippen LogP contribution in [0.1, 0.15) is 31.2 Å². The molecule has 0 saturated carbocycles. The van der Waals surface area contributed by atoms with Crippen molar-refractivity contribution in [3.05, 3.63) is 35.9 Å². The molecular weight excluding hydrogens is 340 g/mol. The molecule has 1 aromatic carbocycles. The largest absolute Gasteiger partial charge is 0.496 e. The standard InChI is InChI=1S/C22H32N2O3/c1-26-16-6-13-24-18-22(17-21(24)25)10-14-23(15-11-22)12-5-8-19-7-3-4-9-20(19)27-2/h3-5,7-9H,6,10-18H2,1-2H3. The van der Waals surface area contributed by atoms with Crippen molar-refractivity contribution >= 4 is 12.0 Å². The van der Waals surface area contributed by atoms with E-state index < -0.39 is 0 Å². The van der Waals surface area contributed by atoms with E-state index in [4.69, 9.17) is 9.47 Å². The molecule has 2 aliphatic rings. The van der Waals surface area contributed by atoms with Gasteiger partial charge in [-0.05, 0) is 43.8 Å². The SMILES string of the molecule is COCCCN1CC2(CCN(CC=Cc3ccccc3OC)CC2)CC1=O. The topological polar surface area (TPSA) is 42.0 Å². The van der Waals surface area contributed by atoms with E-state index >= 15 is 0 Å². The maximum atomic E-state index is 12.4. The van der Waals surface area contributed by atoms with Crippen LogP contribution in [0, 0.1) is 5.41 Å². The Balaban J connectivity index is 1.46. The van der Waals surface area contributed by atoms with Gasteiger partial charge < -0.3 is 14.4 Å². The molecule has 27 heavy (non-hydrogen) atoms. The first kappa shape index (κ1) is 19.9. The number of ether oxygens (including phenoxy) is 2. The lowest BCUT2D eigenvalue weighted by Gasteiger charge is -2.38. The molecule has 5 nitrogen and oxygen atoms in total. The molecule has 0 radical (unpaired) electrons. The fraction of sp³-hybridized carbons (Fsp3) is 0.591. The smallest absolute Gasteiger partial charge is 0.223 e. The van der Waals surface area contributed by atoms with Crippen molar-refractivity contribution in [3.63, 3.8) is 0 Å². The highest BCUT2D eigenvalue weighted by Gasteiger charge is 2.44. The summed E-state index contributed by atoms with van der Waals surface area (Å²) in [4.78, 5) is 16.9. The van der Waals surface area contributed by atoms with Crippen molar-refractivity contribution in [3.8, 4) is 5.75 Å². The van der Waals surface area contributed by atoms with Crippen LogP contribution in [0.3, 0.4) is 0 Å². The van der Waals surface area contributed by atoms with E-state index in [9.17, 15) is 4.79 Å². The summed E-state index contributed by atoms with van der Waals surface area (Å²) in [7, 11) is 3.42. The number of hydrogen-bond donors (Lipinski definition) is 0. The van der Waals surface area contributed by atoms with E-state index in [-0.39, 0.29) is 5.41 Å². The number of nitrogens with zero attached hydrogens (tertiary/aromatic N) is 2. The lowest BCUT2D eigenvalue weighted by atomic mass is 9.77. The third kappa shape index (κ3) is 5.11.